The highest BCUT2D eigenvalue weighted by atomic mass is 19.2. The number of halogens is 2. The number of likely N-dealkylation sites (tertiary alicyclic amines) is 1. The maximum atomic E-state index is 14.0. The highest BCUT2D eigenvalue weighted by Gasteiger charge is 2.30. The highest BCUT2D eigenvalue weighted by Crippen LogP contribution is 2.30. The molecule has 0 radical (unpaired) electrons. The van der Waals surface area contributed by atoms with Crippen molar-refractivity contribution in [3.05, 3.63) is 89.0 Å². The Morgan fingerprint density at radius 3 is 2.68 bits per heavy atom. The van der Waals surface area contributed by atoms with E-state index in [1.807, 2.05) is 0 Å². The van der Waals surface area contributed by atoms with E-state index < -0.39 is 17.5 Å². The molecular weight excluding hydrogens is 494 g/mol. The third-order valence-electron chi connectivity index (χ3n) is 6.49. The predicted octanol–water partition coefficient (Wildman–Crippen LogP) is 4.08. The van der Waals surface area contributed by atoms with Gasteiger partial charge in [0.25, 0.3) is 5.91 Å². The summed E-state index contributed by atoms with van der Waals surface area (Å²) < 4.78 is 36.0. The van der Waals surface area contributed by atoms with Gasteiger partial charge in [-0.1, -0.05) is 12.6 Å². The molecule has 1 saturated heterocycles. The van der Waals surface area contributed by atoms with Crippen LogP contribution in [-0.2, 0) is 4.79 Å². The first-order valence-corrected chi connectivity index (χ1v) is 11.8. The minimum atomic E-state index is -1.10. The molecule has 11 heteroatoms. The number of hydrogen-bond acceptors (Lipinski definition) is 6. The van der Waals surface area contributed by atoms with Crippen LogP contribution in [0.2, 0.25) is 0 Å². The van der Waals surface area contributed by atoms with Gasteiger partial charge in [0.1, 0.15) is 28.7 Å². The molecular formula is C27H22F2N6O3. The Balaban J connectivity index is 1.53. The first kappa shape index (κ1) is 24.7. The summed E-state index contributed by atoms with van der Waals surface area (Å²) in [5, 5.41) is 9.07. The maximum absolute atomic E-state index is 14.0. The van der Waals surface area contributed by atoms with Crippen molar-refractivity contribution in [2.75, 3.05) is 18.8 Å². The third kappa shape index (κ3) is 4.26. The fourth-order valence-corrected chi connectivity index (χ4v) is 4.72. The van der Waals surface area contributed by atoms with Crippen LogP contribution in [0.4, 0.5) is 14.6 Å². The molecule has 4 aromatic rings. The summed E-state index contributed by atoms with van der Waals surface area (Å²) >= 11 is 0. The van der Waals surface area contributed by atoms with Crippen LogP contribution in [0.25, 0.3) is 16.7 Å². The van der Waals surface area contributed by atoms with Gasteiger partial charge in [0.15, 0.2) is 11.6 Å². The lowest BCUT2D eigenvalue weighted by molar-refractivity contribution is -0.128. The Hall–Kier alpha value is -4.98. The van der Waals surface area contributed by atoms with E-state index in [0.29, 0.717) is 36.1 Å². The number of aromatic nitrogens is 3. The Labute approximate surface area is 215 Å². The quantitative estimate of drug-likeness (QED) is 0.315. The van der Waals surface area contributed by atoms with E-state index in [0.717, 1.165) is 6.07 Å². The van der Waals surface area contributed by atoms with Crippen molar-refractivity contribution in [3.8, 4) is 23.3 Å². The van der Waals surface area contributed by atoms with E-state index in [-0.39, 0.29) is 41.2 Å². The summed E-state index contributed by atoms with van der Waals surface area (Å²) in [4.78, 5) is 32.1. The molecule has 0 saturated carbocycles. The molecule has 0 unspecified atom stereocenters. The van der Waals surface area contributed by atoms with E-state index in [9.17, 15) is 18.4 Å². The van der Waals surface area contributed by atoms with E-state index in [2.05, 4.69) is 11.6 Å². The zero-order valence-electron chi connectivity index (χ0n) is 20.1. The van der Waals surface area contributed by atoms with Crippen molar-refractivity contribution < 1.29 is 18.3 Å². The standard InChI is InChI=1S/C27H22F2N6O3/c1-16(14-30)26(36)33-13-3-4-18(15-33)34-21-11-12-32-25(31)24(21)35(27(34)37)17-7-9-19(10-8-17)38-22-6-2-5-20(28)23(22)29/h2,5-12,18H,1,3-4,13,15H2,(H2,31,32)/t18-/m1/s1. The number of anilines is 1. The van der Waals surface area contributed by atoms with Crippen LogP contribution in [0.15, 0.2) is 71.7 Å². The number of benzene rings is 2. The van der Waals surface area contributed by atoms with Crippen LogP contribution in [0.1, 0.15) is 18.9 Å². The molecule has 2 N–H and O–H groups in total. The topological polar surface area (TPSA) is 119 Å². The molecule has 1 atom stereocenters. The second kappa shape index (κ2) is 9.82. The molecule has 1 fully saturated rings. The van der Waals surface area contributed by atoms with Gasteiger partial charge in [-0.05, 0) is 55.3 Å². The van der Waals surface area contributed by atoms with Gasteiger partial charge in [-0.3, -0.25) is 13.9 Å². The van der Waals surface area contributed by atoms with Crippen molar-refractivity contribution in [2.45, 2.75) is 18.9 Å². The predicted molar refractivity (Wildman–Crippen MR) is 136 cm³/mol. The van der Waals surface area contributed by atoms with E-state index >= 15 is 0 Å². The smallest absolute Gasteiger partial charge is 0.334 e. The summed E-state index contributed by atoms with van der Waals surface area (Å²) in [6.45, 7) is 4.20. The van der Waals surface area contributed by atoms with Crippen LogP contribution in [0, 0.1) is 23.0 Å². The Morgan fingerprint density at radius 2 is 1.95 bits per heavy atom. The average Bonchev–Trinajstić information content (AvgIpc) is 3.23. The van der Waals surface area contributed by atoms with Crippen molar-refractivity contribution in [1.29, 1.82) is 5.26 Å². The number of nitriles is 1. The van der Waals surface area contributed by atoms with Crippen molar-refractivity contribution >= 4 is 22.8 Å². The van der Waals surface area contributed by atoms with Crippen molar-refractivity contribution in [1.82, 2.24) is 19.0 Å². The molecule has 1 aliphatic rings. The third-order valence-corrected chi connectivity index (χ3v) is 6.49. The van der Waals surface area contributed by atoms with E-state index in [1.54, 1.807) is 28.8 Å². The highest BCUT2D eigenvalue weighted by molar-refractivity contribution is 5.96. The SMILES string of the molecule is C=C(C#N)C(=O)N1CCC[C@@H](n2c(=O)n(-c3ccc(Oc4cccc(F)c4F)cc3)c3c(N)nccc32)C1. The Bertz CT molecular complexity index is 1670. The first-order valence-electron chi connectivity index (χ1n) is 11.8. The normalized spacial score (nSPS) is 15.3. The molecule has 0 bridgehead atoms. The molecule has 1 amide bonds. The van der Waals surface area contributed by atoms with Gasteiger partial charge in [0.05, 0.1) is 17.2 Å². The molecule has 2 aromatic carbocycles. The number of imidazole rings is 1. The summed E-state index contributed by atoms with van der Waals surface area (Å²) in [5.41, 5.74) is 7.05. The number of nitrogens with two attached hydrogens (primary N) is 1. The van der Waals surface area contributed by atoms with Gasteiger partial charge in [0.2, 0.25) is 5.82 Å². The molecule has 0 aliphatic carbocycles. The lowest BCUT2D eigenvalue weighted by Crippen LogP contribution is -2.43. The molecule has 2 aromatic heterocycles. The monoisotopic (exact) mass is 516 g/mol. The number of carbonyl (C=O) groups is 1. The lowest BCUT2D eigenvalue weighted by atomic mass is 10.0. The summed E-state index contributed by atoms with van der Waals surface area (Å²) in [5.74, 6) is -2.48. The Kier molecular flexibility index (Phi) is 6.38. The maximum Gasteiger partial charge on any atom is 0.334 e. The first-order chi connectivity index (χ1) is 18.3. The van der Waals surface area contributed by atoms with Gasteiger partial charge < -0.3 is 15.4 Å². The number of nitrogen functional groups attached to an aromatic ring is 1. The van der Waals surface area contributed by atoms with Gasteiger partial charge in [-0.25, -0.2) is 14.2 Å². The average molecular weight is 517 g/mol. The zero-order chi connectivity index (χ0) is 27.0. The summed E-state index contributed by atoms with van der Waals surface area (Å²) in [6.07, 6.45) is 2.78. The van der Waals surface area contributed by atoms with E-state index in [4.69, 9.17) is 15.7 Å². The minimum absolute atomic E-state index is 0.141. The minimum Gasteiger partial charge on any atom is -0.454 e. The molecule has 0 spiro atoms. The Morgan fingerprint density at radius 1 is 1.18 bits per heavy atom. The number of pyridine rings is 1. The van der Waals surface area contributed by atoms with Crippen LogP contribution in [0.3, 0.4) is 0 Å². The van der Waals surface area contributed by atoms with Gasteiger partial charge in [0, 0.05) is 19.3 Å². The molecule has 3 heterocycles. The number of fused-ring (bicyclic) bond motifs is 1. The fraction of sp³-hybridized carbons (Fsp3) is 0.185. The molecule has 192 valence electrons. The zero-order valence-corrected chi connectivity index (χ0v) is 20.1. The lowest BCUT2D eigenvalue weighted by Gasteiger charge is -2.33. The number of rotatable bonds is 5. The molecule has 1 aliphatic heterocycles. The number of amides is 1. The largest absolute Gasteiger partial charge is 0.454 e. The number of nitrogens with zero attached hydrogens (tertiary/aromatic N) is 5. The van der Waals surface area contributed by atoms with Gasteiger partial charge in [-0.15, -0.1) is 0 Å². The number of piperidine rings is 1. The van der Waals surface area contributed by atoms with Crippen molar-refractivity contribution in [2.24, 2.45) is 0 Å². The van der Waals surface area contributed by atoms with Crippen LogP contribution < -0.4 is 16.2 Å². The van der Waals surface area contributed by atoms with Gasteiger partial charge in [-0.2, -0.15) is 9.65 Å². The molecule has 38 heavy (non-hydrogen) atoms. The summed E-state index contributed by atoms with van der Waals surface area (Å²) in [7, 11) is 0. The van der Waals surface area contributed by atoms with Crippen molar-refractivity contribution in [3.63, 3.8) is 0 Å². The fourth-order valence-electron chi connectivity index (χ4n) is 4.72. The van der Waals surface area contributed by atoms with E-state index in [1.165, 1.54) is 39.9 Å². The summed E-state index contributed by atoms with van der Waals surface area (Å²) in [6, 6.07) is 13.0. The van der Waals surface area contributed by atoms with Crippen LogP contribution >= 0.6 is 0 Å². The van der Waals surface area contributed by atoms with Gasteiger partial charge >= 0.3 is 5.69 Å². The second-order valence-electron chi connectivity index (χ2n) is 8.84. The molecule has 9 nitrogen and oxygen atoms in total. The molecule has 5 rings (SSSR count). The van der Waals surface area contributed by atoms with Crippen LogP contribution in [0.5, 0.6) is 11.5 Å². The number of ether oxygens (including phenoxy) is 1. The number of carbonyl (C=O) groups excluding carboxylic acids is 1. The number of hydrogen-bond donors (Lipinski definition) is 1. The van der Waals surface area contributed by atoms with Crippen LogP contribution in [-0.4, -0.2) is 38.0 Å². The second-order valence-corrected chi connectivity index (χ2v) is 8.84.